The molecule has 1 N–H and O–H groups in total. The normalized spacial score (nSPS) is 11.4. The number of hydrogen-bond acceptors (Lipinski definition) is 9. The lowest BCUT2D eigenvalue weighted by Gasteiger charge is -2.24. The molecule has 2 amide bonds. The number of amides is 2. The number of halogens is 3. The molecule has 0 aliphatic rings. The van der Waals surface area contributed by atoms with Gasteiger partial charge in [0, 0.05) is 42.8 Å². The standard InChI is InChI=1S/C20H24F3N3O4S.C6H4N2O/c1-19(2,3)30-18(28)26(4)10-9-16-25-14(12-31-16)17(27)24-11-13-7-5-6-8-15(13)29-20(21,22)23;1-2-4-6-5(3-1)7-8-9-6/h5-8,12H,9-11H2,1-4H3,(H,24,27);1-4H. The SMILES string of the molecule is CN(CCc1nc(C(=O)NCc2ccccc2OC(F)(F)F)cs1)C(=O)OC(C)(C)C.c1ccc2onnc2c1. The van der Waals surface area contributed by atoms with Crippen molar-refractivity contribution in [3.8, 4) is 5.75 Å². The summed E-state index contributed by atoms with van der Waals surface area (Å²) in [6.07, 6.45) is -4.85. The molecule has 2 aromatic carbocycles. The van der Waals surface area contributed by atoms with Crippen LogP contribution in [0.5, 0.6) is 5.75 Å². The highest BCUT2D eigenvalue weighted by atomic mass is 32.1. The molecule has 0 radical (unpaired) electrons. The van der Waals surface area contributed by atoms with E-state index in [2.05, 4.69) is 25.4 Å². The van der Waals surface area contributed by atoms with Crippen molar-refractivity contribution in [1.82, 2.24) is 25.6 Å². The smallest absolute Gasteiger partial charge is 0.444 e. The van der Waals surface area contributed by atoms with Crippen LogP contribution >= 0.6 is 11.3 Å². The predicted octanol–water partition coefficient (Wildman–Crippen LogP) is 5.60. The number of likely N-dealkylation sites (N-methyl/N-ethyl adjacent to an activating group) is 1. The fraction of sp³-hybridized carbons (Fsp3) is 0.346. The van der Waals surface area contributed by atoms with E-state index in [4.69, 9.17) is 9.26 Å². The lowest BCUT2D eigenvalue weighted by atomic mass is 10.2. The number of ether oxygens (including phenoxy) is 2. The first-order chi connectivity index (χ1) is 18.8. The molecule has 0 spiro atoms. The minimum absolute atomic E-state index is 0.147. The number of thiazole rings is 1. The molecule has 0 atom stereocenters. The van der Waals surface area contributed by atoms with Gasteiger partial charge in [0.05, 0.1) is 5.01 Å². The van der Waals surface area contributed by atoms with Crippen LogP contribution in [-0.4, -0.2) is 57.8 Å². The Morgan fingerprint density at radius 3 is 2.48 bits per heavy atom. The average molecular weight is 580 g/mol. The van der Waals surface area contributed by atoms with Crippen molar-refractivity contribution < 1.29 is 36.8 Å². The van der Waals surface area contributed by atoms with Gasteiger partial charge in [0.2, 0.25) is 0 Å². The van der Waals surface area contributed by atoms with E-state index in [1.807, 2.05) is 24.3 Å². The van der Waals surface area contributed by atoms with Gasteiger partial charge in [-0.15, -0.1) is 29.6 Å². The highest BCUT2D eigenvalue weighted by Crippen LogP contribution is 2.26. The van der Waals surface area contributed by atoms with E-state index >= 15 is 0 Å². The molecule has 2 aromatic heterocycles. The summed E-state index contributed by atoms with van der Waals surface area (Å²) in [6.45, 7) is 5.53. The monoisotopic (exact) mass is 579 g/mol. The molecule has 40 heavy (non-hydrogen) atoms. The van der Waals surface area contributed by atoms with Gasteiger partial charge in [0.1, 0.15) is 22.6 Å². The van der Waals surface area contributed by atoms with E-state index in [-0.39, 0.29) is 23.6 Å². The van der Waals surface area contributed by atoms with Gasteiger partial charge in [-0.05, 0) is 39.0 Å². The van der Waals surface area contributed by atoms with Crippen molar-refractivity contribution in [2.24, 2.45) is 0 Å². The largest absolute Gasteiger partial charge is 0.573 e. The molecular formula is C26H28F3N5O5S. The number of nitrogens with zero attached hydrogens (tertiary/aromatic N) is 4. The molecule has 14 heteroatoms. The molecule has 214 valence electrons. The van der Waals surface area contributed by atoms with Gasteiger partial charge in [0.25, 0.3) is 5.91 Å². The van der Waals surface area contributed by atoms with Gasteiger partial charge in [-0.3, -0.25) is 4.79 Å². The van der Waals surface area contributed by atoms with Crippen molar-refractivity contribution in [2.75, 3.05) is 13.6 Å². The van der Waals surface area contributed by atoms with Gasteiger partial charge in [-0.25, -0.2) is 9.78 Å². The second kappa shape index (κ2) is 13.2. The van der Waals surface area contributed by atoms with Crippen molar-refractivity contribution in [3.05, 3.63) is 70.2 Å². The number of fused-ring (bicyclic) bond motifs is 1. The predicted molar refractivity (Wildman–Crippen MR) is 141 cm³/mol. The number of aromatic nitrogens is 3. The molecule has 2 heterocycles. The number of carbonyl (C=O) groups excluding carboxylic acids is 2. The Balaban J connectivity index is 0.000000407. The minimum atomic E-state index is -4.82. The number of carbonyl (C=O) groups is 2. The molecule has 0 saturated heterocycles. The van der Waals surface area contributed by atoms with E-state index in [9.17, 15) is 22.8 Å². The second-order valence-corrected chi connectivity index (χ2v) is 10.3. The van der Waals surface area contributed by atoms with Gasteiger partial charge in [0.15, 0.2) is 5.58 Å². The van der Waals surface area contributed by atoms with Gasteiger partial charge in [-0.1, -0.05) is 30.3 Å². The third kappa shape index (κ3) is 9.84. The Hall–Kier alpha value is -4.20. The van der Waals surface area contributed by atoms with Crippen molar-refractivity contribution in [1.29, 1.82) is 0 Å². The molecule has 0 fully saturated rings. The summed E-state index contributed by atoms with van der Waals surface area (Å²) < 4.78 is 51.5. The van der Waals surface area contributed by atoms with Crippen LogP contribution in [-0.2, 0) is 17.7 Å². The first-order valence-corrected chi connectivity index (χ1v) is 12.9. The molecule has 0 aliphatic carbocycles. The maximum Gasteiger partial charge on any atom is 0.573 e. The third-order valence-electron chi connectivity index (χ3n) is 4.94. The average Bonchev–Trinajstić information content (AvgIpc) is 3.55. The highest BCUT2D eigenvalue weighted by molar-refractivity contribution is 7.09. The third-order valence-corrected chi connectivity index (χ3v) is 5.85. The van der Waals surface area contributed by atoms with E-state index in [0.717, 1.165) is 11.1 Å². The Morgan fingerprint density at radius 1 is 1.07 bits per heavy atom. The van der Waals surface area contributed by atoms with E-state index < -0.39 is 24.0 Å². The summed E-state index contributed by atoms with van der Waals surface area (Å²) in [5.74, 6) is -0.899. The Morgan fingerprint density at radius 2 is 1.77 bits per heavy atom. The topological polar surface area (TPSA) is 120 Å². The zero-order chi connectivity index (χ0) is 29.3. The Labute approximate surface area is 232 Å². The van der Waals surface area contributed by atoms with Crippen molar-refractivity contribution >= 4 is 34.4 Å². The van der Waals surface area contributed by atoms with E-state index in [1.165, 1.54) is 34.4 Å². The molecule has 10 nitrogen and oxygen atoms in total. The zero-order valence-electron chi connectivity index (χ0n) is 22.2. The van der Waals surface area contributed by atoms with Crippen LogP contribution in [0.1, 0.15) is 41.8 Å². The van der Waals surface area contributed by atoms with Crippen LogP contribution in [0.2, 0.25) is 0 Å². The highest BCUT2D eigenvalue weighted by Gasteiger charge is 2.32. The zero-order valence-corrected chi connectivity index (χ0v) is 23.0. The molecular weight excluding hydrogens is 551 g/mol. The van der Waals surface area contributed by atoms with Crippen LogP contribution < -0.4 is 10.1 Å². The Kier molecular flexibility index (Phi) is 10.0. The lowest BCUT2D eigenvalue weighted by Crippen LogP contribution is -2.35. The summed E-state index contributed by atoms with van der Waals surface area (Å²) in [5, 5.41) is 11.8. The van der Waals surface area contributed by atoms with E-state index in [1.54, 1.807) is 39.3 Å². The maximum atomic E-state index is 12.5. The van der Waals surface area contributed by atoms with Crippen molar-refractivity contribution in [3.63, 3.8) is 0 Å². The lowest BCUT2D eigenvalue weighted by molar-refractivity contribution is -0.274. The van der Waals surface area contributed by atoms with Crippen molar-refractivity contribution in [2.45, 2.75) is 45.7 Å². The van der Waals surface area contributed by atoms with Crippen LogP contribution in [0, 0.1) is 0 Å². The second-order valence-electron chi connectivity index (χ2n) is 9.36. The van der Waals surface area contributed by atoms with Gasteiger partial charge in [-0.2, -0.15) is 0 Å². The van der Waals surface area contributed by atoms with Crippen LogP contribution in [0.15, 0.2) is 58.4 Å². The summed E-state index contributed by atoms with van der Waals surface area (Å²) in [4.78, 5) is 29.9. The number of alkyl halides is 3. The number of hydrogen-bond donors (Lipinski definition) is 1. The number of nitrogens with one attached hydrogen (secondary N) is 1. The molecule has 0 unspecified atom stereocenters. The molecule has 0 bridgehead atoms. The van der Waals surface area contributed by atoms with E-state index in [0.29, 0.717) is 18.0 Å². The molecule has 0 aliphatic heterocycles. The number of benzene rings is 2. The van der Waals surface area contributed by atoms with Crippen LogP contribution in [0.3, 0.4) is 0 Å². The summed E-state index contributed by atoms with van der Waals surface area (Å²) >= 11 is 1.25. The van der Waals surface area contributed by atoms with Crippen LogP contribution in [0.4, 0.5) is 18.0 Å². The molecule has 4 rings (SSSR count). The van der Waals surface area contributed by atoms with Crippen LogP contribution in [0.25, 0.3) is 11.1 Å². The fourth-order valence-corrected chi connectivity index (χ4v) is 3.86. The minimum Gasteiger partial charge on any atom is -0.444 e. The summed E-state index contributed by atoms with van der Waals surface area (Å²) in [7, 11) is 1.61. The fourth-order valence-electron chi connectivity index (χ4n) is 3.09. The number of para-hydroxylation sites is 2. The maximum absolute atomic E-state index is 12.5. The van der Waals surface area contributed by atoms with Gasteiger partial charge >= 0.3 is 12.5 Å². The molecule has 4 aromatic rings. The first-order valence-electron chi connectivity index (χ1n) is 12.0. The molecule has 0 saturated carbocycles. The van der Waals surface area contributed by atoms with Gasteiger partial charge < -0.3 is 24.2 Å². The quantitative estimate of drug-likeness (QED) is 0.300. The summed E-state index contributed by atoms with van der Waals surface area (Å²) in [6, 6.07) is 13.0. The first kappa shape index (κ1) is 30.3. The number of rotatable bonds is 7. The Bertz CT molecular complexity index is 1390. The summed E-state index contributed by atoms with van der Waals surface area (Å²) in [5.41, 5.74) is 1.27.